The second-order valence-corrected chi connectivity index (χ2v) is 6.61. The van der Waals surface area contributed by atoms with Crippen molar-refractivity contribution >= 4 is 28.5 Å². The van der Waals surface area contributed by atoms with Crippen molar-refractivity contribution in [2.24, 2.45) is 0 Å². The second-order valence-electron chi connectivity index (χ2n) is 6.61. The fourth-order valence-electron chi connectivity index (χ4n) is 3.07. The molecule has 0 saturated carbocycles. The summed E-state index contributed by atoms with van der Waals surface area (Å²) in [4.78, 5) is 26.3. The number of nitrogens with one attached hydrogen (secondary N) is 1. The largest absolute Gasteiger partial charge is 0.497 e. The average molecular weight is 380 g/mol. The van der Waals surface area contributed by atoms with Crippen molar-refractivity contribution in [3.05, 3.63) is 59.9 Å². The summed E-state index contributed by atoms with van der Waals surface area (Å²) in [5.74, 6) is 0.317. The fourth-order valence-corrected chi connectivity index (χ4v) is 3.07. The molecule has 0 radical (unpaired) electrons. The fraction of sp³-hybridized carbons (Fsp3) is 0.273. The molecule has 0 fully saturated rings. The number of furan rings is 1. The van der Waals surface area contributed by atoms with Crippen LogP contribution in [0.25, 0.3) is 11.0 Å². The third-order valence-electron chi connectivity index (χ3n) is 4.68. The third kappa shape index (κ3) is 4.34. The zero-order chi connectivity index (χ0) is 20.1. The Morgan fingerprint density at radius 2 is 1.93 bits per heavy atom. The lowest BCUT2D eigenvalue weighted by atomic mass is 10.1. The highest BCUT2D eigenvalue weighted by Gasteiger charge is 2.17. The van der Waals surface area contributed by atoms with Crippen LogP contribution in [0.3, 0.4) is 0 Å². The average Bonchev–Trinajstić information content (AvgIpc) is 3.10. The van der Waals surface area contributed by atoms with Crippen LogP contribution in [-0.4, -0.2) is 37.4 Å². The maximum atomic E-state index is 12.6. The van der Waals surface area contributed by atoms with E-state index in [0.29, 0.717) is 11.3 Å². The van der Waals surface area contributed by atoms with Gasteiger partial charge in [0.15, 0.2) is 0 Å². The molecule has 6 heteroatoms. The van der Waals surface area contributed by atoms with Gasteiger partial charge in [0.2, 0.25) is 11.8 Å². The molecule has 0 saturated heterocycles. The van der Waals surface area contributed by atoms with Gasteiger partial charge in [-0.05, 0) is 30.2 Å². The van der Waals surface area contributed by atoms with E-state index in [1.54, 1.807) is 26.5 Å². The third-order valence-corrected chi connectivity index (χ3v) is 4.68. The minimum absolute atomic E-state index is 0.0134. The molecule has 0 aliphatic heterocycles. The molecule has 0 atom stereocenters. The smallest absolute Gasteiger partial charge is 0.243 e. The van der Waals surface area contributed by atoms with Crippen LogP contribution in [0.1, 0.15) is 18.1 Å². The number of aryl methyl sites for hydroxylation is 1. The molecule has 1 heterocycles. The topological polar surface area (TPSA) is 71.8 Å². The molecule has 0 bridgehead atoms. The van der Waals surface area contributed by atoms with E-state index in [-0.39, 0.29) is 24.8 Å². The van der Waals surface area contributed by atoms with Crippen LogP contribution in [0.4, 0.5) is 5.69 Å². The number of amides is 2. The summed E-state index contributed by atoms with van der Waals surface area (Å²) in [7, 11) is 3.21. The molecule has 0 aliphatic carbocycles. The quantitative estimate of drug-likeness (QED) is 0.679. The number of para-hydroxylation sites is 1. The predicted octanol–water partition coefficient (Wildman–Crippen LogP) is 3.64. The lowest BCUT2D eigenvalue weighted by Gasteiger charge is -2.17. The number of likely N-dealkylation sites (N-methyl/N-ethyl adjacent to an activating group) is 1. The summed E-state index contributed by atoms with van der Waals surface area (Å²) in [6.07, 6.45) is 2.56. The molecule has 1 aromatic heterocycles. The summed E-state index contributed by atoms with van der Waals surface area (Å²) >= 11 is 0. The molecule has 6 nitrogen and oxygen atoms in total. The number of hydrogen-bond donors (Lipinski definition) is 1. The van der Waals surface area contributed by atoms with E-state index >= 15 is 0 Å². The van der Waals surface area contributed by atoms with Crippen LogP contribution in [-0.2, 0) is 22.4 Å². The molecule has 0 aliphatic rings. The van der Waals surface area contributed by atoms with E-state index in [1.165, 1.54) is 4.90 Å². The van der Waals surface area contributed by atoms with E-state index in [2.05, 4.69) is 5.32 Å². The van der Waals surface area contributed by atoms with Crippen molar-refractivity contribution in [1.29, 1.82) is 0 Å². The van der Waals surface area contributed by atoms with Gasteiger partial charge in [0, 0.05) is 29.8 Å². The Bertz CT molecular complexity index is 993. The Hall–Kier alpha value is -3.28. The lowest BCUT2D eigenvalue weighted by Crippen LogP contribution is -2.35. The number of rotatable bonds is 7. The van der Waals surface area contributed by atoms with E-state index < -0.39 is 0 Å². The SMILES string of the molecule is CCc1ccccc1NC(=O)CN(C)C(=O)Cc1coc2cc(OC)ccc12. The first-order valence-corrected chi connectivity index (χ1v) is 9.17. The van der Waals surface area contributed by atoms with Crippen LogP contribution in [0.5, 0.6) is 5.75 Å². The van der Waals surface area contributed by atoms with Gasteiger partial charge in [-0.25, -0.2) is 0 Å². The Balaban J connectivity index is 1.62. The number of benzene rings is 2. The molecule has 146 valence electrons. The van der Waals surface area contributed by atoms with Gasteiger partial charge in [0.05, 0.1) is 26.3 Å². The summed E-state index contributed by atoms with van der Waals surface area (Å²) < 4.78 is 10.7. The zero-order valence-electron chi connectivity index (χ0n) is 16.3. The van der Waals surface area contributed by atoms with Gasteiger partial charge in [-0.2, -0.15) is 0 Å². The monoisotopic (exact) mass is 380 g/mol. The van der Waals surface area contributed by atoms with Crippen molar-refractivity contribution in [2.75, 3.05) is 26.0 Å². The van der Waals surface area contributed by atoms with Gasteiger partial charge in [-0.3, -0.25) is 9.59 Å². The molecule has 3 rings (SSSR count). The molecule has 2 aromatic carbocycles. The molecular formula is C22H24N2O4. The highest BCUT2D eigenvalue weighted by Crippen LogP contribution is 2.26. The lowest BCUT2D eigenvalue weighted by molar-refractivity contribution is -0.132. The van der Waals surface area contributed by atoms with Crippen molar-refractivity contribution in [3.63, 3.8) is 0 Å². The molecule has 28 heavy (non-hydrogen) atoms. The number of carbonyl (C=O) groups is 2. The number of ether oxygens (including phenoxy) is 1. The first-order valence-electron chi connectivity index (χ1n) is 9.17. The van der Waals surface area contributed by atoms with Crippen molar-refractivity contribution in [1.82, 2.24) is 4.90 Å². The van der Waals surface area contributed by atoms with Gasteiger partial charge in [0.25, 0.3) is 0 Å². The van der Waals surface area contributed by atoms with E-state index in [1.807, 2.05) is 43.3 Å². The van der Waals surface area contributed by atoms with Crippen LogP contribution in [0.2, 0.25) is 0 Å². The number of hydrogen-bond acceptors (Lipinski definition) is 4. The first kappa shape index (κ1) is 19.5. The summed E-state index contributed by atoms with van der Waals surface area (Å²) in [6, 6.07) is 13.1. The van der Waals surface area contributed by atoms with Gasteiger partial charge < -0.3 is 19.4 Å². The summed E-state index contributed by atoms with van der Waals surface area (Å²) in [5.41, 5.74) is 3.29. The normalized spacial score (nSPS) is 10.7. The van der Waals surface area contributed by atoms with E-state index in [9.17, 15) is 9.59 Å². The summed E-state index contributed by atoms with van der Waals surface area (Å²) in [6.45, 7) is 2.02. The van der Waals surface area contributed by atoms with Gasteiger partial charge in [-0.15, -0.1) is 0 Å². The highest BCUT2D eigenvalue weighted by molar-refractivity contribution is 5.96. The van der Waals surface area contributed by atoms with E-state index in [4.69, 9.17) is 9.15 Å². The number of carbonyl (C=O) groups excluding carboxylic acids is 2. The maximum absolute atomic E-state index is 12.6. The number of anilines is 1. The van der Waals surface area contributed by atoms with Crippen LogP contribution in [0.15, 0.2) is 53.1 Å². The second kappa shape index (κ2) is 8.61. The van der Waals surface area contributed by atoms with Crippen molar-refractivity contribution in [2.45, 2.75) is 19.8 Å². The minimum Gasteiger partial charge on any atom is -0.497 e. The van der Waals surface area contributed by atoms with Crippen LogP contribution < -0.4 is 10.1 Å². The maximum Gasteiger partial charge on any atom is 0.243 e. The molecule has 2 amide bonds. The Labute approximate surface area is 164 Å². The van der Waals surface area contributed by atoms with Crippen LogP contribution >= 0.6 is 0 Å². The molecular weight excluding hydrogens is 356 g/mol. The number of nitrogens with zero attached hydrogens (tertiary/aromatic N) is 1. The van der Waals surface area contributed by atoms with Gasteiger partial charge >= 0.3 is 0 Å². The molecule has 0 spiro atoms. The Morgan fingerprint density at radius 3 is 2.68 bits per heavy atom. The summed E-state index contributed by atoms with van der Waals surface area (Å²) in [5, 5.41) is 3.75. The van der Waals surface area contributed by atoms with Crippen LogP contribution in [0, 0.1) is 0 Å². The zero-order valence-corrected chi connectivity index (χ0v) is 16.3. The molecule has 3 aromatic rings. The Morgan fingerprint density at radius 1 is 1.14 bits per heavy atom. The highest BCUT2D eigenvalue weighted by atomic mass is 16.5. The molecule has 1 N–H and O–H groups in total. The van der Waals surface area contributed by atoms with Gasteiger partial charge in [0.1, 0.15) is 11.3 Å². The Kier molecular flexibility index (Phi) is 5.99. The van der Waals surface area contributed by atoms with Crippen molar-refractivity contribution < 1.29 is 18.7 Å². The van der Waals surface area contributed by atoms with Crippen molar-refractivity contribution in [3.8, 4) is 5.75 Å². The van der Waals surface area contributed by atoms with Gasteiger partial charge in [-0.1, -0.05) is 25.1 Å². The number of methoxy groups -OCH3 is 1. The number of fused-ring (bicyclic) bond motifs is 1. The van der Waals surface area contributed by atoms with E-state index in [0.717, 1.165) is 28.6 Å². The standard InChI is InChI=1S/C22H24N2O4/c1-4-15-7-5-6-8-19(15)23-21(25)13-24(2)22(26)11-16-14-28-20-12-17(27-3)9-10-18(16)20/h5-10,12,14H,4,11,13H2,1-3H3,(H,23,25). The molecule has 0 unspecified atom stereocenters. The minimum atomic E-state index is -0.224. The first-order chi connectivity index (χ1) is 13.5. The predicted molar refractivity (Wildman–Crippen MR) is 109 cm³/mol.